The standard InChI is InChI=1S/C12H24N2O2S/c1-11-3-2-4-12(13,9-11)10-14-5-7-17(15,16)8-6-14/h11H,2-10,13H2,1H3. The first-order valence-corrected chi connectivity index (χ1v) is 8.42. The number of rotatable bonds is 2. The first-order valence-electron chi connectivity index (χ1n) is 6.60. The first-order chi connectivity index (χ1) is 7.89. The van der Waals surface area contributed by atoms with Crippen LogP contribution in [0, 0.1) is 5.92 Å². The molecular formula is C12H24N2O2S. The summed E-state index contributed by atoms with van der Waals surface area (Å²) in [6.07, 6.45) is 4.66. The smallest absolute Gasteiger partial charge is 0.152 e. The second-order valence-corrected chi connectivity index (χ2v) is 8.30. The Labute approximate surface area is 104 Å². The van der Waals surface area contributed by atoms with E-state index in [1.54, 1.807) is 0 Å². The fourth-order valence-electron chi connectivity index (χ4n) is 3.20. The summed E-state index contributed by atoms with van der Waals surface area (Å²) in [5, 5.41) is 0. The third kappa shape index (κ3) is 3.66. The maximum atomic E-state index is 11.4. The van der Waals surface area contributed by atoms with Crippen molar-refractivity contribution in [1.82, 2.24) is 4.90 Å². The number of sulfone groups is 1. The molecule has 1 aliphatic carbocycles. The molecule has 0 aromatic rings. The minimum atomic E-state index is -2.77. The van der Waals surface area contributed by atoms with Crippen LogP contribution in [0.5, 0.6) is 0 Å². The Morgan fingerprint density at radius 2 is 2.00 bits per heavy atom. The predicted molar refractivity (Wildman–Crippen MR) is 69.6 cm³/mol. The Morgan fingerprint density at radius 3 is 2.59 bits per heavy atom. The summed E-state index contributed by atoms with van der Waals surface area (Å²) < 4.78 is 22.7. The van der Waals surface area contributed by atoms with E-state index in [4.69, 9.17) is 5.73 Å². The molecule has 17 heavy (non-hydrogen) atoms. The average molecular weight is 260 g/mol. The van der Waals surface area contributed by atoms with E-state index in [0.717, 1.165) is 19.4 Å². The van der Waals surface area contributed by atoms with Crippen LogP contribution in [0.4, 0.5) is 0 Å². The normalized spacial score (nSPS) is 39.1. The first kappa shape index (κ1) is 13.3. The molecule has 2 atom stereocenters. The SMILES string of the molecule is CC1CCCC(N)(CN2CCS(=O)(=O)CC2)C1. The lowest BCUT2D eigenvalue weighted by molar-refractivity contribution is 0.157. The van der Waals surface area contributed by atoms with Crippen LogP contribution in [0.15, 0.2) is 0 Å². The van der Waals surface area contributed by atoms with Crippen LogP contribution in [-0.4, -0.2) is 50.0 Å². The van der Waals surface area contributed by atoms with Gasteiger partial charge in [-0.25, -0.2) is 8.42 Å². The van der Waals surface area contributed by atoms with Crippen LogP contribution >= 0.6 is 0 Å². The second-order valence-electron chi connectivity index (χ2n) is 5.99. The summed E-state index contributed by atoms with van der Waals surface area (Å²) >= 11 is 0. The maximum absolute atomic E-state index is 11.4. The Kier molecular flexibility index (Phi) is 3.80. The number of hydrogen-bond donors (Lipinski definition) is 1. The van der Waals surface area contributed by atoms with Gasteiger partial charge in [0.05, 0.1) is 11.5 Å². The third-order valence-electron chi connectivity index (χ3n) is 4.10. The Bertz CT molecular complexity index is 355. The number of nitrogens with two attached hydrogens (primary N) is 1. The van der Waals surface area contributed by atoms with Crippen LogP contribution in [0.1, 0.15) is 32.6 Å². The highest BCUT2D eigenvalue weighted by Gasteiger charge is 2.34. The lowest BCUT2D eigenvalue weighted by Crippen LogP contribution is -2.55. The number of hydrogen-bond acceptors (Lipinski definition) is 4. The highest BCUT2D eigenvalue weighted by molar-refractivity contribution is 7.91. The van der Waals surface area contributed by atoms with Crippen LogP contribution in [-0.2, 0) is 9.84 Å². The molecule has 2 fully saturated rings. The molecule has 0 aromatic carbocycles. The van der Waals surface area contributed by atoms with Crippen molar-refractivity contribution in [3.05, 3.63) is 0 Å². The van der Waals surface area contributed by atoms with Crippen molar-refractivity contribution in [2.24, 2.45) is 11.7 Å². The van der Waals surface area contributed by atoms with Crippen molar-refractivity contribution in [2.75, 3.05) is 31.1 Å². The molecule has 2 unspecified atom stereocenters. The van der Waals surface area contributed by atoms with E-state index >= 15 is 0 Å². The third-order valence-corrected chi connectivity index (χ3v) is 5.71. The molecule has 1 saturated heterocycles. The molecule has 0 radical (unpaired) electrons. The molecule has 0 aromatic heterocycles. The monoisotopic (exact) mass is 260 g/mol. The van der Waals surface area contributed by atoms with Gasteiger partial charge in [0.15, 0.2) is 9.84 Å². The van der Waals surface area contributed by atoms with Gasteiger partial charge < -0.3 is 5.73 Å². The number of nitrogens with zero attached hydrogens (tertiary/aromatic N) is 1. The van der Waals surface area contributed by atoms with Gasteiger partial charge in [-0.05, 0) is 18.8 Å². The molecule has 2 N–H and O–H groups in total. The summed E-state index contributed by atoms with van der Waals surface area (Å²) in [6, 6.07) is 0. The molecule has 2 aliphatic rings. The molecule has 1 heterocycles. The summed E-state index contributed by atoms with van der Waals surface area (Å²) in [6.45, 7) is 4.46. The molecule has 2 rings (SSSR count). The zero-order valence-electron chi connectivity index (χ0n) is 10.7. The highest BCUT2D eigenvalue weighted by Crippen LogP contribution is 2.31. The van der Waals surface area contributed by atoms with Crippen LogP contribution in [0.25, 0.3) is 0 Å². The van der Waals surface area contributed by atoms with Crippen LogP contribution < -0.4 is 5.73 Å². The minimum Gasteiger partial charge on any atom is -0.324 e. The van der Waals surface area contributed by atoms with Gasteiger partial charge >= 0.3 is 0 Å². The molecule has 1 aliphatic heterocycles. The maximum Gasteiger partial charge on any atom is 0.152 e. The Hall–Kier alpha value is -0.130. The van der Waals surface area contributed by atoms with E-state index in [-0.39, 0.29) is 5.54 Å². The Balaban J connectivity index is 1.88. The van der Waals surface area contributed by atoms with Crippen molar-refractivity contribution < 1.29 is 8.42 Å². The molecule has 0 spiro atoms. The van der Waals surface area contributed by atoms with Gasteiger partial charge in [-0.3, -0.25) is 4.90 Å². The quantitative estimate of drug-likeness (QED) is 0.791. The molecular weight excluding hydrogens is 236 g/mol. The van der Waals surface area contributed by atoms with Crippen molar-refractivity contribution in [3.63, 3.8) is 0 Å². The van der Waals surface area contributed by atoms with E-state index in [1.165, 1.54) is 12.8 Å². The zero-order chi connectivity index (χ0) is 12.5. The average Bonchev–Trinajstić information content (AvgIpc) is 2.21. The zero-order valence-corrected chi connectivity index (χ0v) is 11.5. The van der Waals surface area contributed by atoms with Gasteiger partial charge in [0.1, 0.15) is 0 Å². The molecule has 1 saturated carbocycles. The van der Waals surface area contributed by atoms with Gasteiger partial charge in [0, 0.05) is 25.2 Å². The molecule has 4 nitrogen and oxygen atoms in total. The van der Waals surface area contributed by atoms with Gasteiger partial charge in [-0.15, -0.1) is 0 Å². The molecule has 0 amide bonds. The van der Waals surface area contributed by atoms with Gasteiger partial charge in [-0.1, -0.05) is 19.8 Å². The van der Waals surface area contributed by atoms with Crippen LogP contribution in [0.3, 0.4) is 0 Å². The molecule has 0 bridgehead atoms. The van der Waals surface area contributed by atoms with E-state index in [1.807, 2.05) is 0 Å². The van der Waals surface area contributed by atoms with Crippen molar-refractivity contribution in [3.8, 4) is 0 Å². The second kappa shape index (κ2) is 4.86. The fourth-order valence-corrected chi connectivity index (χ4v) is 4.47. The van der Waals surface area contributed by atoms with E-state index < -0.39 is 9.84 Å². The highest BCUT2D eigenvalue weighted by atomic mass is 32.2. The van der Waals surface area contributed by atoms with Gasteiger partial charge in [-0.2, -0.15) is 0 Å². The molecule has 5 heteroatoms. The van der Waals surface area contributed by atoms with Gasteiger partial charge in [0.2, 0.25) is 0 Å². The van der Waals surface area contributed by atoms with Crippen molar-refractivity contribution >= 4 is 9.84 Å². The lowest BCUT2D eigenvalue weighted by Gasteiger charge is -2.41. The van der Waals surface area contributed by atoms with E-state index in [2.05, 4.69) is 11.8 Å². The van der Waals surface area contributed by atoms with Crippen molar-refractivity contribution in [1.29, 1.82) is 0 Å². The van der Waals surface area contributed by atoms with E-state index in [9.17, 15) is 8.42 Å². The van der Waals surface area contributed by atoms with Crippen LogP contribution in [0.2, 0.25) is 0 Å². The van der Waals surface area contributed by atoms with Gasteiger partial charge in [0.25, 0.3) is 0 Å². The lowest BCUT2D eigenvalue weighted by atomic mass is 9.77. The van der Waals surface area contributed by atoms with E-state index in [0.29, 0.717) is 30.5 Å². The fraction of sp³-hybridized carbons (Fsp3) is 1.00. The summed E-state index contributed by atoms with van der Waals surface area (Å²) in [4.78, 5) is 2.24. The predicted octanol–water partition coefficient (Wildman–Crippen LogP) is 0.624. The largest absolute Gasteiger partial charge is 0.324 e. The minimum absolute atomic E-state index is 0.0846. The van der Waals surface area contributed by atoms with Crippen molar-refractivity contribution in [2.45, 2.75) is 38.1 Å². The molecule has 100 valence electrons. The summed E-state index contributed by atoms with van der Waals surface area (Å²) in [7, 11) is -2.77. The topological polar surface area (TPSA) is 63.4 Å². The summed E-state index contributed by atoms with van der Waals surface area (Å²) in [5.41, 5.74) is 6.37. The summed E-state index contributed by atoms with van der Waals surface area (Å²) in [5.74, 6) is 1.32. The Morgan fingerprint density at radius 1 is 1.35 bits per heavy atom.